The Balaban J connectivity index is 0.000000479. The van der Waals surface area contributed by atoms with Gasteiger partial charge in [-0.2, -0.15) is 18.3 Å². The Morgan fingerprint density at radius 3 is 2.41 bits per heavy atom. The lowest BCUT2D eigenvalue weighted by Crippen LogP contribution is -2.39. The fraction of sp³-hybridized carbons (Fsp3) is 0.375. The number of aromatic nitrogens is 3. The van der Waals surface area contributed by atoms with Crippen molar-refractivity contribution in [2.75, 3.05) is 11.9 Å². The van der Waals surface area contributed by atoms with Crippen molar-refractivity contribution in [3.8, 4) is 0 Å². The second kappa shape index (κ2) is 11.3. The van der Waals surface area contributed by atoms with Crippen LogP contribution >= 0.6 is 0 Å². The Morgan fingerprint density at radius 1 is 1.16 bits per heavy atom. The van der Waals surface area contributed by atoms with Gasteiger partial charge in [0.2, 0.25) is 0 Å². The molecule has 1 aliphatic rings. The Bertz CT molecular complexity index is 1320. The van der Waals surface area contributed by atoms with Crippen molar-refractivity contribution in [1.29, 1.82) is 0 Å². The topological polar surface area (TPSA) is 138 Å². The third kappa shape index (κ3) is 6.54. The first-order valence-corrected chi connectivity index (χ1v) is 11.5. The molecule has 1 saturated carbocycles. The molecule has 4 N–H and O–H groups in total. The summed E-state index contributed by atoms with van der Waals surface area (Å²) in [6, 6.07) is 5.87. The first-order chi connectivity index (χ1) is 17.4. The quantitative estimate of drug-likeness (QED) is 0.388. The maximum absolute atomic E-state index is 12.6. The van der Waals surface area contributed by atoms with Gasteiger partial charge in [0.25, 0.3) is 11.8 Å². The van der Waals surface area contributed by atoms with Crippen molar-refractivity contribution in [1.82, 2.24) is 25.2 Å². The van der Waals surface area contributed by atoms with E-state index in [0.29, 0.717) is 23.5 Å². The lowest BCUT2D eigenvalue weighted by atomic mass is 9.93. The van der Waals surface area contributed by atoms with E-state index in [0.717, 1.165) is 35.2 Å². The van der Waals surface area contributed by atoms with E-state index < -0.39 is 12.1 Å². The number of fused-ring (bicyclic) bond motifs is 1. The molecule has 1 aromatic carbocycles. The Hall–Kier alpha value is -4.16. The minimum absolute atomic E-state index is 0.0621. The number of amides is 2. The molecule has 37 heavy (non-hydrogen) atoms. The summed E-state index contributed by atoms with van der Waals surface area (Å²) in [6.45, 7) is 6.28. The van der Waals surface area contributed by atoms with Crippen LogP contribution in [-0.2, 0) is 4.79 Å². The van der Waals surface area contributed by atoms with Crippen molar-refractivity contribution in [2.45, 2.75) is 52.3 Å². The molecule has 0 unspecified atom stereocenters. The van der Waals surface area contributed by atoms with Gasteiger partial charge in [-0.1, -0.05) is 6.07 Å². The van der Waals surface area contributed by atoms with Crippen molar-refractivity contribution >= 4 is 34.8 Å². The molecule has 2 amide bonds. The maximum atomic E-state index is 12.6. The number of nitrogens with one attached hydrogen (secondary N) is 3. The Labute approximate surface area is 210 Å². The summed E-state index contributed by atoms with van der Waals surface area (Å²) in [5.74, 6) is -2.38. The number of carboxylic acids is 1. The van der Waals surface area contributed by atoms with Crippen LogP contribution in [-0.4, -0.2) is 56.3 Å². The minimum atomic E-state index is -5.08. The number of carbonyl (C=O) groups excluding carboxylic acids is 2. The van der Waals surface area contributed by atoms with E-state index in [1.54, 1.807) is 10.7 Å². The lowest BCUT2D eigenvalue weighted by Gasteiger charge is -2.26. The molecule has 0 spiro atoms. The van der Waals surface area contributed by atoms with Gasteiger partial charge in [-0.3, -0.25) is 9.59 Å². The number of hydrogen-bond donors (Lipinski definition) is 4. The molecule has 13 heteroatoms. The summed E-state index contributed by atoms with van der Waals surface area (Å²) in [5, 5.41) is 20.6. The summed E-state index contributed by atoms with van der Waals surface area (Å²) < 4.78 is 33.4. The van der Waals surface area contributed by atoms with Gasteiger partial charge in [0, 0.05) is 30.0 Å². The number of carbonyl (C=O) groups is 3. The molecule has 3 aromatic rings. The average molecular weight is 521 g/mol. The number of aryl methyl sites for hydroxylation is 2. The first-order valence-electron chi connectivity index (χ1n) is 11.5. The summed E-state index contributed by atoms with van der Waals surface area (Å²) in [6.07, 6.45) is 1.33. The number of carboxylic acid groups (broad SMARTS) is 1. The number of halogens is 3. The van der Waals surface area contributed by atoms with Gasteiger partial charge in [-0.05, 0) is 63.3 Å². The second-order valence-electron chi connectivity index (χ2n) is 8.49. The van der Waals surface area contributed by atoms with Gasteiger partial charge in [0.1, 0.15) is 11.8 Å². The normalized spacial score (nSPS) is 13.2. The molecule has 1 aliphatic carbocycles. The van der Waals surface area contributed by atoms with Crippen molar-refractivity contribution in [3.05, 3.63) is 53.0 Å². The van der Waals surface area contributed by atoms with Gasteiger partial charge in [0.05, 0.1) is 5.56 Å². The smallest absolute Gasteiger partial charge is 0.475 e. The third-order valence-electron chi connectivity index (χ3n) is 5.84. The Kier molecular flexibility index (Phi) is 8.35. The van der Waals surface area contributed by atoms with Crippen LogP contribution in [0.3, 0.4) is 0 Å². The van der Waals surface area contributed by atoms with E-state index in [1.807, 2.05) is 39.0 Å². The monoisotopic (exact) mass is 520 g/mol. The summed E-state index contributed by atoms with van der Waals surface area (Å²) in [4.78, 5) is 38.2. The molecule has 0 aliphatic heterocycles. The van der Waals surface area contributed by atoms with Crippen LogP contribution in [0.4, 0.5) is 24.7 Å². The van der Waals surface area contributed by atoms with E-state index in [-0.39, 0.29) is 17.9 Å². The second-order valence-corrected chi connectivity index (χ2v) is 8.49. The van der Waals surface area contributed by atoms with E-state index in [1.165, 1.54) is 12.7 Å². The van der Waals surface area contributed by atoms with Crippen LogP contribution in [0.1, 0.15) is 58.0 Å². The van der Waals surface area contributed by atoms with Crippen LogP contribution < -0.4 is 16.0 Å². The number of aliphatic carboxylic acids is 1. The number of rotatable bonds is 6. The number of anilines is 2. The molecular formula is C24H27F3N6O4. The zero-order valence-electron chi connectivity index (χ0n) is 20.4. The summed E-state index contributed by atoms with van der Waals surface area (Å²) >= 11 is 0. The van der Waals surface area contributed by atoms with Crippen LogP contribution in [0.2, 0.25) is 0 Å². The standard InChI is InChI=1S/C22H26N6O2.C2HF3O2/c1-4-23-22(30)17-11-28-19(14(17)3)20(24-12-25-28)27-18-10-15(9-8-13(18)2)21(29)26-16-6-5-7-16;3-2(4,5)1(6)7/h8-12,16H,4-7H2,1-3H3,(H,23,30)(H,26,29)(H,24,25,27);(H,6,7). The van der Waals surface area contributed by atoms with E-state index in [2.05, 4.69) is 26.0 Å². The number of benzene rings is 1. The first kappa shape index (κ1) is 27.4. The SMILES string of the molecule is CCNC(=O)c1cn2ncnc(Nc3cc(C(=O)NC4CCC4)ccc3C)c2c1C.O=C(O)C(F)(F)F. The van der Waals surface area contributed by atoms with Crippen molar-refractivity contribution < 1.29 is 32.7 Å². The Morgan fingerprint density at radius 2 is 1.84 bits per heavy atom. The molecule has 2 aromatic heterocycles. The van der Waals surface area contributed by atoms with Gasteiger partial charge in [0.15, 0.2) is 5.82 Å². The largest absolute Gasteiger partial charge is 0.490 e. The number of hydrogen-bond acceptors (Lipinski definition) is 6. The third-order valence-corrected chi connectivity index (χ3v) is 5.84. The number of nitrogens with zero attached hydrogens (tertiary/aromatic N) is 3. The predicted molar refractivity (Wildman–Crippen MR) is 129 cm³/mol. The van der Waals surface area contributed by atoms with Crippen LogP contribution in [0.15, 0.2) is 30.7 Å². The molecule has 0 saturated heterocycles. The highest BCUT2D eigenvalue weighted by Crippen LogP contribution is 2.28. The zero-order chi connectivity index (χ0) is 27.3. The zero-order valence-corrected chi connectivity index (χ0v) is 20.4. The lowest BCUT2D eigenvalue weighted by molar-refractivity contribution is -0.192. The summed E-state index contributed by atoms with van der Waals surface area (Å²) in [5.41, 5.74) is 4.46. The maximum Gasteiger partial charge on any atom is 0.490 e. The average Bonchev–Trinajstić information content (AvgIpc) is 3.15. The van der Waals surface area contributed by atoms with Gasteiger partial charge >= 0.3 is 12.1 Å². The molecule has 2 heterocycles. The highest BCUT2D eigenvalue weighted by atomic mass is 19.4. The van der Waals surface area contributed by atoms with Crippen LogP contribution in [0, 0.1) is 13.8 Å². The molecule has 1 fully saturated rings. The predicted octanol–water partition coefficient (Wildman–Crippen LogP) is 3.76. The van der Waals surface area contributed by atoms with E-state index in [4.69, 9.17) is 9.90 Å². The summed E-state index contributed by atoms with van der Waals surface area (Å²) in [7, 11) is 0. The molecule has 4 rings (SSSR count). The fourth-order valence-electron chi connectivity index (χ4n) is 3.58. The molecule has 198 valence electrons. The van der Waals surface area contributed by atoms with Crippen molar-refractivity contribution in [3.63, 3.8) is 0 Å². The van der Waals surface area contributed by atoms with Crippen molar-refractivity contribution in [2.24, 2.45) is 0 Å². The minimum Gasteiger partial charge on any atom is -0.475 e. The van der Waals surface area contributed by atoms with E-state index in [9.17, 15) is 22.8 Å². The highest BCUT2D eigenvalue weighted by molar-refractivity contribution is 5.99. The van der Waals surface area contributed by atoms with Gasteiger partial charge < -0.3 is 21.1 Å². The number of alkyl halides is 3. The molecule has 10 nitrogen and oxygen atoms in total. The molecule has 0 atom stereocenters. The van der Waals surface area contributed by atoms with Gasteiger partial charge in [-0.25, -0.2) is 14.3 Å². The molecule has 0 bridgehead atoms. The van der Waals surface area contributed by atoms with E-state index >= 15 is 0 Å². The highest BCUT2D eigenvalue weighted by Gasteiger charge is 2.38. The fourth-order valence-corrected chi connectivity index (χ4v) is 3.58. The molecular weight excluding hydrogens is 493 g/mol. The molecule has 0 radical (unpaired) electrons. The van der Waals surface area contributed by atoms with Gasteiger partial charge in [-0.15, -0.1) is 0 Å². The van der Waals surface area contributed by atoms with Crippen LogP contribution in [0.25, 0.3) is 5.52 Å². The van der Waals surface area contributed by atoms with Crippen LogP contribution in [0.5, 0.6) is 0 Å².